The normalized spacial score (nSPS) is 10.0. The minimum Gasteiger partial charge on any atom is -0.455 e. The maximum atomic E-state index is 13.6. The molecule has 2 aromatic carbocycles. The molecule has 0 bridgehead atoms. The van der Waals surface area contributed by atoms with E-state index < -0.39 is 36.6 Å². The highest BCUT2D eigenvalue weighted by Gasteiger charge is 2.14. The molecule has 0 radical (unpaired) electrons. The van der Waals surface area contributed by atoms with Crippen molar-refractivity contribution >= 4 is 29.4 Å². The van der Waals surface area contributed by atoms with Crippen molar-refractivity contribution < 1.29 is 23.5 Å². The third-order valence-corrected chi connectivity index (χ3v) is 3.45. The third kappa shape index (κ3) is 5.58. The van der Waals surface area contributed by atoms with Crippen LogP contribution < -0.4 is 10.9 Å². The number of rotatable bonds is 5. The molecule has 0 unspecified atom stereocenters. The van der Waals surface area contributed by atoms with Crippen LogP contribution in [0.3, 0.4) is 0 Å². The van der Waals surface area contributed by atoms with Gasteiger partial charge in [-0.15, -0.1) is 0 Å². The van der Waals surface area contributed by atoms with Crippen molar-refractivity contribution in [2.24, 2.45) is 0 Å². The van der Waals surface area contributed by atoms with Crippen LogP contribution in [0.15, 0.2) is 48.5 Å². The molecule has 2 rings (SSSR count). The van der Waals surface area contributed by atoms with E-state index in [4.69, 9.17) is 16.3 Å². The first-order chi connectivity index (χ1) is 12.0. The lowest BCUT2D eigenvalue weighted by molar-refractivity contribution is -0.148. The number of hydrazine groups is 1. The van der Waals surface area contributed by atoms with Crippen LogP contribution >= 0.6 is 11.6 Å². The minimum absolute atomic E-state index is 0.00745. The quantitative estimate of drug-likeness (QED) is 0.628. The van der Waals surface area contributed by atoms with Crippen molar-refractivity contribution in [1.29, 1.82) is 0 Å². The number of esters is 1. The van der Waals surface area contributed by atoms with Gasteiger partial charge in [0.2, 0.25) is 0 Å². The Kier molecular flexibility index (Phi) is 6.47. The highest BCUT2D eigenvalue weighted by molar-refractivity contribution is 6.31. The molecule has 2 N–H and O–H groups in total. The molecule has 0 atom stereocenters. The molecule has 0 aliphatic carbocycles. The molecule has 2 amide bonds. The number of carbonyl (C=O) groups excluding carboxylic acids is 3. The van der Waals surface area contributed by atoms with E-state index in [0.29, 0.717) is 5.56 Å². The summed E-state index contributed by atoms with van der Waals surface area (Å²) in [6.07, 6.45) is -0.408. The molecule has 8 heteroatoms. The molecule has 25 heavy (non-hydrogen) atoms. The molecule has 6 nitrogen and oxygen atoms in total. The summed E-state index contributed by atoms with van der Waals surface area (Å²) in [7, 11) is 0. The van der Waals surface area contributed by atoms with Crippen LogP contribution in [0.25, 0.3) is 0 Å². The van der Waals surface area contributed by atoms with E-state index in [1.165, 1.54) is 18.2 Å². The van der Waals surface area contributed by atoms with E-state index in [9.17, 15) is 18.8 Å². The van der Waals surface area contributed by atoms with Gasteiger partial charge in [0.1, 0.15) is 5.82 Å². The second-order valence-corrected chi connectivity index (χ2v) is 5.31. The summed E-state index contributed by atoms with van der Waals surface area (Å²) in [6, 6.07) is 12.3. The Morgan fingerprint density at radius 3 is 2.40 bits per heavy atom. The number of carbonyl (C=O) groups is 3. The van der Waals surface area contributed by atoms with Gasteiger partial charge < -0.3 is 4.74 Å². The number of amides is 2. The second-order valence-electron chi connectivity index (χ2n) is 4.91. The Hall–Kier alpha value is -2.93. The summed E-state index contributed by atoms with van der Waals surface area (Å²) in [5.74, 6) is -2.71. The lowest BCUT2D eigenvalue weighted by atomic mass is 10.1. The summed E-state index contributed by atoms with van der Waals surface area (Å²) >= 11 is 5.80. The van der Waals surface area contributed by atoms with Crippen molar-refractivity contribution in [2.45, 2.75) is 6.42 Å². The Labute approximate surface area is 147 Å². The van der Waals surface area contributed by atoms with E-state index >= 15 is 0 Å². The molecule has 0 aliphatic heterocycles. The minimum atomic E-state index is -0.823. The van der Waals surface area contributed by atoms with Gasteiger partial charge in [0.05, 0.1) is 6.42 Å². The SMILES string of the molecule is O=C(COC(=O)Cc1c(F)cccc1Cl)NNC(=O)c1ccccc1. The van der Waals surface area contributed by atoms with E-state index in [1.807, 2.05) is 0 Å². The van der Waals surface area contributed by atoms with Crippen molar-refractivity contribution in [3.8, 4) is 0 Å². The molecule has 0 aromatic heterocycles. The zero-order valence-electron chi connectivity index (χ0n) is 12.9. The summed E-state index contributed by atoms with van der Waals surface area (Å²) in [5, 5.41) is 0.0940. The first-order valence-electron chi connectivity index (χ1n) is 7.20. The lowest BCUT2D eigenvalue weighted by Crippen LogP contribution is -2.43. The number of ether oxygens (including phenoxy) is 1. The molecule has 0 spiro atoms. The van der Waals surface area contributed by atoms with Gasteiger partial charge in [-0.2, -0.15) is 0 Å². The molecule has 0 saturated heterocycles. The predicted octanol–water partition coefficient (Wildman–Crippen LogP) is 2.03. The smallest absolute Gasteiger partial charge is 0.310 e. The van der Waals surface area contributed by atoms with Crippen molar-refractivity contribution in [3.05, 3.63) is 70.5 Å². The summed E-state index contributed by atoms with van der Waals surface area (Å²) < 4.78 is 18.3. The van der Waals surface area contributed by atoms with Crippen LogP contribution in [0.4, 0.5) is 4.39 Å². The second kappa shape index (κ2) is 8.79. The van der Waals surface area contributed by atoms with Gasteiger partial charge in [0, 0.05) is 16.1 Å². The number of nitrogens with one attached hydrogen (secondary N) is 2. The zero-order valence-corrected chi connectivity index (χ0v) is 13.7. The van der Waals surface area contributed by atoms with Crippen LogP contribution in [0, 0.1) is 5.82 Å². The van der Waals surface area contributed by atoms with E-state index in [0.717, 1.165) is 0 Å². The van der Waals surface area contributed by atoms with E-state index in [-0.39, 0.29) is 10.6 Å². The van der Waals surface area contributed by atoms with Gasteiger partial charge in [0.15, 0.2) is 6.61 Å². The van der Waals surface area contributed by atoms with Crippen LogP contribution in [-0.2, 0) is 20.7 Å². The van der Waals surface area contributed by atoms with Gasteiger partial charge in [-0.1, -0.05) is 35.9 Å². The summed E-state index contributed by atoms with van der Waals surface area (Å²) in [4.78, 5) is 34.9. The van der Waals surface area contributed by atoms with Crippen molar-refractivity contribution in [3.63, 3.8) is 0 Å². The van der Waals surface area contributed by atoms with E-state index in [1.54, 1.807) is 30.3 Å². The van der Waals surface area contributed by atoms with Crippen LogP contribution in [0.1, 0.15) is 15.9 Å². The summed E-state index contributed by atoms with van der Waals surface area (Å²) in [5.41, 5.74) is 4.63. The lowest BCUT2D eigenvalue weighted by Gasteiger charge is -2.09. The molecule has 0 heterocycles. The first-order valence-corrected chi connectivity index (χ1v) is 7.58. The van der Waals surface area contributed by atoms with Crippen molar-refractivity contribution in [2.75, 3.05) is 6.61 Å². The van der Waals surface area contributed by atoms with Gasteiger partial charge >= 0.3 is 5.97 Å². The Morgan fingerprint density at radius 2 is 1.72 bits per heavy atom. The molecule has 0 saturated carbocycles. The van der Waals surface area contributed by atoms with Gasteiger partial charge in [0.25, 0.3) is 11.8 Å². The average Bonchev–Trinajstić information content (AvgIpc) is 2.62. The standard InChI is InChI=1S/C17H14ClFN2O4/c18-13-7-4-8-14(19)12(13)9-16(23)25-10-15(22)20-21-17(24)11-5-2-1-3-6-11/h1-8H,9-10H2,(H,20,22)(H,21,24). The van der Waals surface area contributed by atoms with Crippen LogP contribution in [0.5, 0.6) is 0 Å². The molecule has 2 aromatic rings. The van der Waals surface area contributed by atoms with Crippen molar-refractivity contribution in [1.82, 2.24) is 10.9 Å². The topological polar surface area (TPSA) is 84.5 Å². The molecular weight excluding hydrogens is 351 g/mol. The largest absolute Gasteiger partial charge is 0.455 e. The van der Waals surface area contributed by atoms with E-state index in [2.05, 4.69) is 10.9 Å². The molecule has 130 valence electrons. The fraction of sp³-hybridized carbons (Fsp3) is 0.118. The highest BCUT2D eigenvalue weighted by Crippen LogP contribution is 2.19. The fourth-order valence-electron chi connectivity index (χ4n) is 1.87. The number of hydrogen-bond donors (Lipinski definition) is 2. The average molecular weight is 365 g/mol. The maximum Gasteiger partial charge on any atom is 0.310 e. The van der Waals surface area contributed by atoms with Gasteiger partial charge in [-0.3, -0.25) is 25.2 Å². The fourth-order valence-corrected chi connectivity index (χ4v) is 2.10. The predicted molar refractivity (Wildman–Crippen MR) is 88.1 cm³/mol. The zero-order chi connectivity index (χ0) is 18.2. The van der Waals surface area contributed by atoms with Gasteiger partial charge in [-0.05, 0) is 24.3 Å². The first kappa shape index (κ1) is 18.4. The maximum absolute atomic E-state index is 13.6. The van der Waals surface area contributed by atoms with Crippen LogP contribution in [-0.4, -0.2) is 24.4 Å². The Bertz CT molecular complexity index is 763. The summed E-state index contributed by atoms with van der Waals surface area (Å²) in [6.45, 7) is -0.625. The Balaban J connectivity index is 1.76. The monoisotopic (exact) mass is 364 g/mol. The Morgan fingerprint density at radius 1 is 1.00 bits per heavy atom. The highest BCUT2D eigenvalue weighted by atomic mass is 35.5. The number of benzene rings is 2. The molecule has 0 aliphatic rings. The number of halogens is 2. The van der Waals surface area contributed by atoms with Gasteiger partial charge in [-0.25, -0.2) is 4.39 Å². The number of hydrogen-bond acceptors (Lipinski definition) is 4. The third-order valence-electron chi connectivity index (χ3n) is 3.10. The van der Waals surface area contributed by atoms with Crippen LogP contribution in [0.2, 0.25) is 5.02 Å². The molecular formula is C17H14ClFN2O4. The molecule has 0 fully saturated rings.